The summed E-state index contributed by atoms with van der Waals surface area (Å²) in [6.45, 7) is 1.97. The highest BCUT2D eigenvalue weighted by Gasteiger charge is 2.50. The van der Waals surface area contributed by atoms with Crippen molar-refractivity contribution in [3.8, 4) is 0 Å². The Balaban J connectivity index is 2.31. The summed E-state index contributed by atoms with van der Waals surface area (Å²) in [5.74, 6) is 1.10. The van der Waals surface area contributed by atoms with Gasteiger partial charge < -0.3 is 4.74 Å². The summed E-state index contributed by atoms with van der Waals surface area (Å²) in [6.07, 6.45) is 0.196. The van der Waals surface area contributed by atoms with E-state index in [0.717, 1.165) is 0 Å². The third-order valence-electron chi connectivity index (χ3n) is 1.44. The number of hydrogen-bond acceptors (Lipinski definition) is 1. The van der Waals surface area contributed by atoms with Crippen molar-refractivity contribution < 1.29 is 4.74 Å². The van der Waals surface area contributed by atoms with Gasteiger partial charge in [-0.05, 0) is 6.92 Å². The Labute approximate surface area is 58.9 Å². The minimum atomic E-state index is -0.108. The van der Waals surface area contributed by atoms with E-state index >= 15 is 0 Å². The molecule has 1 heterocycles. The van der Waals surface area contributed by atoms with E-state index in [2.05, 4.69) is 0 Å². The first-order valence-corrected chi connectivity index (χ1v) is 3.59. The first-order valence-electron chi connectivity index (χ1n) is 2.52. The van der Waals surface area contributed by atoms with Gasteiger partial charge in [-0.2, -0.15) is 0 Å². The monoisotopic (exact) mass is 154 g/mol. The van der Waals surface area contributed by atoms with Crippen molar-refractivity contribution in [2.24, 2.45) is 0 Å². The van der Waals surface area contributed by atoms with Crippen molar-refractivity contribution in [3.63, 3.8) is 0 Å². The number of rotatable bonds is 2. The number of epoxide rings is 1. The first-order chi connectivity index (χ1) is 3.73. The smallest absolute Gasteiger partial charge is 0.107 e. The van der Waals surface area contributed by atoms with Crippen LogP contribution in [0.25, 0.3) is 0 Å². The van der Waals surface area contributed by atoms with Gasteiger partial charge in [0.05, 0.1) is 11.8 Å². The fraction of sp³-hybridized carbons (Fsp3) is 1.00. The molecule has 0 radical (unpaired) electrons. The fourth-order valence-corrected chi connectivity index (χ4v) is 1.23. The lowest BCUT2D eigenvalue weighted by Gasteiger charge is -1.94. The van der Waals surface area contributed by atoms with Crippen LogP contribution in [0, 0.1) is 0 Å². The molecule has 2 atom stereocenters. The van der Waals surface area contributed by atoms with Crippen LogP contribution in [0.2, 0.25) is 0 Å². The molecule has 1 saturated heterocycles. The van der Waals surface area contributed by atoms with E-state index in [-0.39, 0.29) is 11.7 Å². The highest BCUT2D eigenvalue weighted by atomic mass is 35.5. The van der Waals surface area contributed by atoms with E-state index in [9.17, 15) is 0 Å². The Morgan fingerprint density at radius 1 is 1.62 bits per heavy atom. The minimum Gasteiger partial charge on any atom is -0.364 e. The lowest BCUT2D eigenvalue weighted by atomic mass is 10.2. The predicted molar refractivity (Wildman–Crippen MR) is 34.7 cm³/mol. The summed E-state index contributed by atoms with van der Waals surface area (Å²) in [6, 6.07) is 0. The molecule has 0 aromatic rings. The van der Waals surface area contributed by atoms with Gasteiger partial charge in [0, 0.05) is 0 Å². The molecule has 0 bridgehead atoms. The van der Waals surface area contributed by atoms with Crippen molar-refractivity contribution >= 4 is 23.2 Å². The highest BCUT2D eigenvalue weighted by molar-refractivity contribution is 6.20. The van der Waals surface area contributed by atoms with Gasteiger partial charge in [0.25, 0.3) is 0 Å². The molecule has 1 fully saturated rings. The molecule has 1 aliphatic heterocycles. The van der Waals surface area contributed by atoms with Crippen LogP contribution < -0.4 is 0 Å². The topological polar surface area (TPSA) is 12.5 Å². The second-order valence-electron chi connectivity index (χ2n) is 2.21. The van der Waals surface area contributed by atoms with E-state index in [1.807, 2.05) is 6.92 Å². The van der Waals surface area contributed by atoms with Gasteiger partial charge in [-0.25, -0.2) is 0 Å². The zero-order chi connectivity index (χ0) is 6.20. The molecular formula is C5H8Cl2O. The third-order valence-corrected chi connectivity index (χ3v) is 2.25. The maximum absolute atomic E-state index is 5.53. The molecule has 1 aliphatic rings. The van der Waals surface area contributed by atoms with Gasteiger partial charge in [0.2, 0.25) is 0 Å². The SMILES string of the molecule is CC1(CCl)OC1CCl. The normalized spacial score (nSPS) is 44.6. The van der Waals surface area contributed by atoms with Gasteiger partial charge in [0.15, 0.2) is 0 Å². The minimum absolute atomic E-state index is 0.108. The van der Waals surface area contributed by atoms with E-state index in [1.165, 1.54) is 0 Å². The molecule has 8 heavy (non-hydrogen) atoms. The lowest BCUT2D eigenvalue weighted by Crippen LogP contribution is -2.11. The van der Waals surface area contributed by atoms with Crippen LogP contribution in [0.15, 0.2) is 0 Å². The molecular weight excluding hydrogens is 147 g/mol. The predicted octanol–water partition coefficient (Wildman–Crippen LogP) is 1.62. The molecule has 0 aromatic carbocycles. The standard InChI is InChI=1S/C5H8Cl2O/c1-5(3-7)4(2-6)8-5/h4H,2-3H2,1H3. The molecule has 0 saturated carbocycles. The molecule has 0 aliphatic carbocycles. The molecule has 48 valence electrons. The third kappa shape index (κ3) is 0.949. The quantitative estimate of drug-likeness (QED) is 0.436. The summed E-state index contributed by atoms with van der Waals surface area (Å²) in [5.41, 5.74) is -0.108. The average molecular weight is 155 g/mol. The van der Waals surface area contributed by atoms with Crippen molar-refractivity contribution in [2.45, 2.75) is 18.6 Å². The fourth-order valence-electron chi connectivity index (χ4n) is 0.603. The van der Waals surface area contributed by atoms with Crippen LogP contribution in [-0.4, -0.2) is 23.5 Å². The molecule has 0 aromatic heterocycles. The maximum atomic E-state index is 5.53. The number of ether oxygens (including phenoxy) is 1. The molecule has 0 amide bonds. The van der Waals surface area contributed by atoms with Crippen LogP contribution >= 0.6 is 23.2 Å². The summed E-state index contributed by atoms with van der Waals surface area (Å²) in [4.78, 5) is 0. The van der Waals surface area contributed by atoms with E-state index in [1.54, 1.807) is 0 Å². The maximum Gasteiger partial charge on any atom is 0.107 e. The van der Waals surface area contributed by atoms with Crippen LogP contribution in [0.1, 0.15) is 6.92 Å². The van der Waals surface area contributed by atoms with Crippen LogP contribution in [-0.2, 0) is 4.74 Å². The Kier molecular flexibility index (Phi) is 1.71. The van der Waals surface area contributed by atoms with Gasteiger partial charge in [-0.1, -0.05) is 0 Å². The van der Waals surface area contributed by atoms with Gasteiger partial charge in [-0.15, -0.1) is 23.2 Å². The van der Waals surface area contributed by atoms with E-state index in [4.69, 9.17) is 27.9 Å². The van der Waals surface area contributed by atoms with Crippen LogP contribution in [0.5, 0.6) is 0 Å². The summed E-state index contributed by atoms with van der Waals surface area (Å²) < 4.78 is 5.14. The average Bonchev–Trinajstić information content (AvgIpc) is 2.44. The van der Waals surface area contributed by atoms with Gasteiger partial charge in [-0.3, -0.25) is 0 Å². The Morgan fingerprint density at radius 2 is 2.25 bits per heavy atom. The molecule has 1 rings (SSSR count). The van der Waals surface area contributed by atoms with Crippen molar-refractivity contribution in [2.75, 3.05) is 11.8 Å². The van der Waals surface area contributed by atoms with Crippen LogP contribution in [0.4, 0.5) is 0 Å². The van der Waals surface area contributed by atoms with E-state index in [0.29, 0.717) is 11.8 Å². The molecule has 0 N–H and O–H groups in total. The highest BCUT2D eigenvalue weighted by Crippen LogP contribution is 2.37. The Bertz CT molecular complexity index is 96.4. The molecule has 1 nitrogen and oxygen atoms in total. The van der Waals surface area contributed by atoms with Gasteiger partial charge >= 0.3 is 0 Å². The van der Waals surface area contributed by atoms with Crippen molar-refractivity contribution in [3.05, 3.63) is 0 Å². The number of hydrogen-bond donors (Lipinski definition) is 0. The van der Waals surface area contributed by atoms with Crippen molar-refractivity contribution in [1.29, 1.82) is 0 Å². The Morgan fingerprint density at radius 3 is 2.38 bits per heavy atom. The second-order valence-corrected chi connectivity index (χ2v) is 2.78. The Hall–Kier alpha value is 0.540. The lowest BCUT2D eigenvalue weighted by molar-refractivity contribution is 0.331. The van der Waals surface area contributed by atoms with Crippen LogP contribution in [0.3, 0.4) is 0 Å². The number of alkyl halides is 2. The summed E-state index contributed by atoms with van der Waals surface area (Å²) in [7, 11) is 0. The van der Waals surface area contributed by atoms with E-state index < -0.39 is 0 Å². The summed E-state index contributed by atoms with van der Waals surface area (Å²) in [5, 5.41) is 0. The molecule has 3 heteroatoms. The summed E-state index contributed by atoms with van der Waals surface area (Å²) >= 11 is 11.0. The number of halogens is 2. The second kappa shape index (κ2) is 2.05. The zero-order valence-corrected chi connectivity index (χ0v) is 6.17. The first kappa shape index (κ1) is 6.66. The van der Waals surface area contributed by atoms with Crippen molar-refractivity contribution in [1.82, 2.24) is 0 Å². The molecule has 0 spiro atoms. The molecule has 2 unspecified atom stereocenters. The largest absolute Gasteiger partial charge is 0.364 e. The van der Waals surface area contributed by atoms with Gasteiger partial charge in [0.1, 0.15) is 11.7 Å². The zero-order valence-electron chi connectivity index (χ0n) is 4.66.